The summed E-state index contributed by atoms with van der Waals surface area (Å²) in [5.41, 5.74) is 4.04. The van der Waals surface area contributed by atoms with Crippen LogP contribution in [0.2, 0.25) is 0 Å². The van der Waals surface area contributed by atoms with Crippen molar-refractivity contribution in [2.75, 3.05) is 11.5 Å². The second-order valence-electron chi connectivity index (χ2n) is 8.51. The van der Waals surface area contributed by atoms with E-state index in [0.29, 0.717) is 28.6 Å². The third-order valence-electron chi connectivity index (χ3n) is 5.99. The van der Waals surface area contributed by atoms with Gasteiger partial charge in [0, 0.05) is 5.56 Å². The number of carbonyl (C=O) groups excluding carboxylic acids is 2. The molecule has 1 unspecified atom stereocenters. The van der Waals surface area contributed by atoms with Crippen molar-refractivity contribution in [3.8, 4) is 5.75 Å². The second-order valence-corrected chi connectivity index (χ2v) is 9.52. The Labute approximate surface area is 207 Å². The van der Waals surface area contributed by atoms with Crippen molar-refractivity contribution in [3.05, 3.63) is 94.6 Å². The molecule has 0 aliphatic carbocycles. The van der Waals surface area contributed by atoms with Crippen LogP contribution in [-0.2, 0) is 9.59 Å². The second kappa shape index (κ2) is 9.00. The quantitative estimate of drug-likeness (QED) is 0.215. The predicted octanol–water partition coefficient (Wildman–Crippen LogP) is 5.94. The van der Waals surface area contributed by atoms with E-state index in [9.17, 15) is 14.7 Å². The van der Waals surface area contributed by atoms with Crippen LogP contribution in [0.1, 0.15) is 35.2 Å². The first-order valence-electron chi connectivity index (χ1n) is 11.4. The average molecular weight is 485 g/mol. The van der Waals surface area contributed by atoms with E-state index in [-0.39, 0.29) is 11.3 Å². The van der Waals surface area contributed by atoms with Gasteiger partial charge in [-0.3, -0.25) is 14.5 Å². The van der Waals surface area contributed by atoms with E-state index in [0.717, 1.165) is 21.3 Å². The van der Waals surface area contributed by atoms with Crippen LogP contribution >= 0.6 is 11.3 Å². The fraction of sp³-hybridized carbons (Fsp3) is 0.179. The molecule has 0 radical (unpaired) electrons. The molecule has 1 N–H and O–H groups in total. The molecule has 7 heteroatoms. The van der Waals surface area contributed by atoms with Crippen LogP contribution < -0.4 is 9.64 Å². The number of benzene rings is 3. The number of fused-ring (bicyclic) bond motifs is 1. The van der Waals surface area contributed by atoms with Gasteiger partial charge in [0.25, 0.3) is 5.78 Å². The van der Waals surface area contributed by atoms with E-state index in [1.807, 2.05) is 63.2 Å². The Morgan fingerprint density at radius 1 is 1.03 bits per heavy atom. The molecule has 1 fully saturated rings. The topological polar surface area (TPSA) is 79.7 Å². The van der Waals surface area contributed by atoms with Gasteiger partial charge in [-0.2, -0.15) is 0 Å². The molecule has 1 saturated heterocycles. The minimum Gasteiger partial charge on any atom is -0.507 e. The third kappa shape index (κ3) is 4.08. The molecule has 35 heavy (non-hydrogen) atoms. The van der Waals surface area contributed by atoms with E-state index < -0.39 is 17.7 Å². The summed E-state index contributed by atoms with van der Waals surface area (Å²) in [6, 6.07) is 19.5. The van der Waals surface area contributed by atoms with Crippen molar-refractivity contribution >= 4 is 44.1 Å². The van der Waals surface area contributed by atoms with Gasteiger partial charge in [0.1, 0.15) is 11.5 Å². The monoisotopic (exact) mass is 484 g/mol. The molecule has 6 nitrogen and oxygen atoms in total. The predicted molar refractivity (Wildman–Crippen MR) is 138 cm³/mol. The van der Waals surface area contributed by atoms with Gasteiger partial charge in [0.15, 0.2) is 5.13 Å². The number of carbonyl (C=O) groups is 2. The van der Waals surface area contributed by atoms with E-state index in [1.54, 1.807) is 24.3 Å². The number of ether oxygens (including phenoxy) is 1. The molecule has 0 saturated carbocycles. The first-order chi connectivity index (χ1) is 16.9. The Bertz CT molecular complexity index is 1490. The number of rotatable bonds is 5. The lowest BCUT2D eigenvalue weighted by Gasteiger charge is -2.23. The van der Waals surface area contributed by atoms with E-state index in [4.69, 9.17) is 4.74 Å². The van der Waals surface area contributed by atoms with Crippen molar-refractivity contribution < 1.29 is 19.4 Å². The summed E-state index contributed by atoms with van der Waals surface area (Å²) >= 11 is 1.35. The molecule has 1 amide bonds. The van der Waals surface area contributed by atoms with E-state index in [2.05, 4.69) is 4.98 Å². The molecule has 3 aromatic carbocycles. The molecule has 2 heterocycles. The van der Waals surface area contributed by atoms with Gasteiger partial charge in [0.2, 0.25) is 0 Å². The number of nitrogens with zero attached hydrogens (tertiary/aromatic N) is 2. The Kier molecular flexibility index (Phi) is 5.86. The summed E-state index contributed by atoms with van der Waals surface area (Å²) in [5, 5.41) is 11.8. The van der Waals surface area contributed by atoms with Crippen molar-refractivity contribution in [3.63, 3.8) is 0 Å². The lowest BCUT2D eigenvalue weighted by molar-refractivity contribution is -0.132. The normalized spacial score (nSPS) is 17.3. The molecule has 4 aromatic rings. The largest absolute Gasteiger partial charge is 0.507 e. The first kappa shape index (κ1) is 22.8. The summed E-state index contributed by atoms with van der Waals surface area (Å²) in [6.45, 7) is 6.30. The zero-order valence-electron chi connectivity index (χ0n) is 19.6. The average Bonchev–Trinajstić information content (AvgIpc) is 3.37. The molecule has 5 rings (SSSR count). The number of hydrogen-bond donors (Lipinski definition) is 1. The van der Waals surface area contributed by atoms with Crippen LogP contribution in [0, 0.1) is 13.8 Å². The van der Waals surface area contributed by atoms with Gasteiger partial charge in [-0.1, -0.05) is 59.4 Å². The Morgan fingerprint density at radius 3 is 2.51 bits per heavy atom. The maximum Gasteiger partial charge on any atom is 0.301 e. The summed E-state index contributed by atoms with van der Waals surface area (Å²) in [4.78, 5) is 32.8. The maximum atomic E-state index is 13.4. The molecule has 1 aliphatic heterocycles. The van der Waals surface area contributed by atoms with Crippen molar-refractivity contribution in [2.45, 2.75) is 26.8 Å². The number of aromatic nitrogens is 1. The standard InChI is InChI=1S/C28H24N2O4S/c1-4-34-20-7-5-6-19(15-20)25(31)23-24(18-11-8-16(2)9-12-18)30(27(33)26(23)32)28-29-21-13-10-17(3)14-22(21)35-28/h5-15,24,31H,4H2,1-3H3/b25-23+. The fourth-order valence-electron chi connectivity index (χ4n) is 4.27. The molecular weight excluding hydrogens is 460 g/mol. The minimum atomic E-state index is -0.812. The molecule has 1 atom stereocenters. The number of amides is 1. The SMILES string of the molecule is CCOc1cccc(/C(O)=C2\C(=O)C(=O)N(c3nc4ccc(C)cc4s3)C2c2ccc(C)cc2)c1. The number of hydrogen-bond acceptors (Lipinski definition) is 6. The van der Waals surface area contributed by atoms with Gasteiger partial charge in [-0.15, -0.1) is 0 Å². The number of ketones is 1. The third-order valence-corrected chi connectivity index (χ3v) is 7.01. The number of thiazole rings is 1. The highest BCUT2D eigenvalue weighted by Crippen LogP contribution is 2.44. The van der Waals surface area contributed by atoms with Gasteiger partial charge < -0.3 is 9.84 Å². The van der Waals surface area contributed by atoms with Gasteiger partial charge in [-0.05, 0) is 56.2 Å². The van der Waals surface area contributed by atoms with Crippen molar-refractivity contribution in [1.82, 2.24) is 4.98 Å². The number of anilines is 1. The van der Waals surface area contributed by atoms with Crippen molar-refractivity contribution in [2.24, 2.45) is 0 Å². The summed E-state index contributed by atoms with van der Waals surface area (Å²) < 4.78 is 6.49. The molecule has 176 valence electrons. The van der Waals surface area contributed by atoms with Crippen LogP contribution in [0.3, 0.4) is 0 Å². The number of Topliss-reactive ketones (excluding diaryl/α,β-unsaturated/α-hetero) is 1. The zero-order chi connectivity index (χ0) is 24.7. The number of aryl methyl sites for hydroxylation is 2. The van der Waals surface area contributed by atoms with Gasteiger partial charge >= 0.3 is 5.91 Å². The first-order valence-corrected chi connectivity index (χ1v) is 12.2. The Hall–Kier alpha value is -3.97. The van der Waals surface area contributed by atoms with E-state index >= 15 is 0 Å². The zero-order valence-corrected chi connectivity index (χ0v) is 20.4. The number of aliphatic hydroxyl groups is 1. The van der Waals surface area contributed by atoms with Crippen LogP contribution in [0.5, 0.6) is 5.75 Å². The molecule has 0 spiro atoms. The molecule has 1 aliphatic rings. The Balaban J connectivity index is 1.71. The highest BCUT2D eigenvalue weighted by Gasteiger charge is 2.48. The van der Waals surface area contributed by atoms with Crippen LogP contribution in [-0.4, -0.2) is 28.4 Å². The lowest BCUT2D eigenvalue weighted by atomic mass is 9.95. The smallest absolute Gasteiger partial charge is 0.301 e. The van der Waals surface area contributed by atoms with Crippen LogP contribution in [0.15, 0.2) is 72.3 Å². The summed E-state index contributed by atoms with van der Waals surface area (Å²) in [5.74, 6) is -1.13. The summed E-state index contributed by atoms with van der Waals surface area (Å²) in [7, 11) is 0. The van der Waals surface area contributed by atoms with Gasteiger partial charge in [-0.25, -0.2) is 4.98 Å². The van der Waals surface area contributed by atoms with Crippen LogP contribution in [0.4, 0.5) is 5.13 Å². The summed E-state index contributed by atoms with van der Waals surface area (Å²) in [6.07, 6.45) is 0. The highest BCUT2D eigenvalue weighted by molar-refractivity contribution is 7.22. The van der Waals surface area contributed by atoms with Crippen molar-refractivity contribution in [1.29, 1.82) is 0 Å². The molecule has 1 aromatic heterocycles. The molecule has 0 bridgehead atoms. The lowest BCUT2D eigenvalue weighted by Crippen LogP contribution is -2.29. The molecular formula is C28H24N2O4S. The maximum absolute atomic E-state index is 13.4. The number of aliphatic hydroxyl groups excluding tert-OH is 1. The fourth-order valence-corrected chi connectivity index (χ4v) is 5.36. The minimum absolute atomic E-state index is 0.0305. The van der Waals surface area contributed by atoms with Crippen LogP contribution in [0.25, 0.3) is 16.0 Å². The van der Waals surface area contributed by atoms with Gasteiger partial charge in [0.05, 0.1) is 28.4 Å². The van der Waals surface area contributed by atoms with E-state index in [1.165, 1.54) is 16.2 Å². The highest BCUT2D eigenvalue weighted by atomic mass is 32.1. The Morgan fingerprint density at radius 2 is 1.77 bits per heavy atom.